The Morgan fingerprint density at radius 3 is 2.60 bits per heavy atom. The summed E-state index contributed by atoms with van der Waals surface area (Å²) in [6, 6.07) is 5.91. The first-order valence-corrected chi connectivity index (χ1v) is 9.44. The number of nitrogen functional groups attached to an aromatic ring is 1. The van der Waals surface area contributed by atoms with E-state index in [2.05, 4.69) is 18.9 Å². The minimum atomic E-state index is -0.414. The van der Waals surface area contributed by atoms with Crippen LogP contribution in [0.25, 0.3) is 10.6 Å². The van der Waals surface area contributed by atoms with Gasteiger partial charge in [0.05, 0.1) is 4.88 Å². The van der Waals surface area contributed by atoms with Gasteiger partial charge in [0, 0.05) is 17.0 Å². The van der Waals surface area contributed by atoms with Crippen molar-refractivity contribution < 1.29 is 4.79 Å². The third-order valence-electron chi connectivity index (χ3n) is 4.76. The predicted octanol–water partition coefficient (Wildman–Crippen LogP) is 2.65. The van der Waals surface area contributed by atoms with Gasteiger partial charge in [0.1, 0.15) is 17.9 Å². The van der Waals surface area contributed by atoms with Gasteiger partial charge in [0.15, 0.2) is 0 Å². The highest BCUT2D eigenvalue weighted by atomic mass is 32.1. The average Bonchev–Trinajstić information content (AvgIpc) is 2.98. The van der Waals surface area contributed by atoms with Crippen molar-refractivity contribution in [2.24, 2.45) is 0 Å². The number of hydrogen-bond acceptors (Lipinski definition) is 5. The van der Waals surface area contributed by atoms with Crippen molar-refractivity contribution in [1.82, 2.24) is 14.7 Å². The van der Waals surface area contributed by atoms with E-state index in [1.165, 1.54) is 4.68 Å². The maximum atomic E-state index is 12.8. The van der Waals surface area contributed by atoms with Crippen LogP contribution >= 0.6 is 11.3 Å². The molecule has 3 rings (SSSR count). The van der Waals surface area contributed by atoms with Crippen LogP contribution in [-0.4, -0.2) is 32.7 Å². The molecule has 1 amide bonds. The second-order valence-electron chi connectivity index (χ2n) is 6.79. The normalized spacial score (nSPS) is 20.7. The zero-order valence-electron chi connectivity index (χ0n) is 14.9. The van der Waals surface area contributed by atoms with Crippen molar-refractivity contribution in [2.45, 2.75) is 58.7 Å². The highest BCUT2D eigenvalue weighted by Crippen LogP contribution is 2.26. The van der Waals surface area contributed by atoms with E-state index in [1.54, 1.807) is 17.4 Å². The number of piperidine rings is 1. The quantitative estimate of drug-likeness (QED) is 0.912. The van der Waals surface area contributed by atoms with E-state index < -0.39 is 5.56 Å². The van der Waals surface area contributed by atoms with Crippen molar-refractivity contribution in [3.63, 3.8) is 0 Å². The van der Waals surface area contributed by atoms with Gasteiger partial charge in [-0.25, -0.2) is 4.68 Å². The molecule has 25 heavy (non-hydrogen) atoms. The van der Waals surface area contributed by atoms with Gasteiger partial charge in [-0.1, -0.05) is 0 Å². The molecule has 0 saturated carbocycles. The fourth-order valence-electron chi connectivity index (χ4n) is 3.48. The Balaban J connectivity index is 1.90. The molecule has 2 atom stereocenters. The number of aromatic nitrogens is 2. The van der Waals surface area contributed by atoms with Gasteiger partial charge >= 0.3 is 0 Å². The number of carbonyl (C=O) groups excluding carboxylic acids is 1. The number of rotatable bonds is 3. The van der Waals surface area contributed by atoms with Crippen LogP contribution in [0, 0.1) is 6.92 Å². The molecule has 1 fully saturated rings. The second kappa shape index (κ2) is 7.00. The monoisotopic (exact) mass is 360 g/mol. The van der Waals surface area contributed by atoms with Gasteiger partial charge in [-0.05, 0) is 58.2 Å². The van der Waals surface area contributed by atoms with Crippen molar-refractivity contribution in [3.8, 4) is 10.6 Å². The Labute approximate surface area is 151 Å². The standard InChI is InChI=1S/C18H24N4O2S/c1-11-5-4-6-12(2)22(11)17(23)10-21-18(24)14(19)9-15(20-21)16-8-7-13(3)25-16/h7-9,11-12H,4-6,10,19H2,1-3H3. The first kappa shape index (κ1) is 17.7. The van der Waals surface area contributed by atoms with Crippen LogP contribution in [0.1, 0.15) is 38.0 Å². The first-order chi connectivity index (χ1) is 11.9. The molecular formula is C18H24N4O2S. The Hall–Kier alpha value is -2.15. The fraction of sp³-hybridized carbons (Fsp3) is 0.500. The number of carbonyl (C=O) groups is 1. The molecule has 1 saturated heterocycles. The number of aryl methyl sites for hydroxylation is 1. The molecule has 0 bridgehead atoms. The lowest BCUT2D eigenvalue weighted by molar-refractivity contribution is -0.138. The maximum absolute atomic E-state index is 12.8. The highest BCUT2D eigenvalue weighted by Gasteiger charge is 2.29. The summed E-state index contributed by atoms with van der Waals surface area (Å²) in [5.41, 5.74) is 6.21. The van der Waals surface area contributed by atoms with Gasteiger partial charge in [0.25, 0.3) is 5.56 Å². The summed E-state index contributed by atoms with van der Waals surface area (Å²) >= 11 is 1.58. The summed E-state index contributed by atoms with van der Waals surface area (Å²) < 4.78 is 1.20. The average molecular weight is 360 g/mol. The number of thiophene rings is 1. The summed E-state index contributed by atoms with van der Waals surface area (Å²) in [6.45, 7) is 6.05. The largest absolute Gasteiger partial charge is 0.394 e. The second-order valence-corrected chi connectivity index (χ2v) is 8.08. The number of nitrogens with zero attached hydrogens (tertiary/aromatic N) is 3. The minimum Gasteiger partial charge on any atom is -0.394 e. The highest BCUT2D eigenvalue weighted by molar-refractivity contribution is 7.15. The lowest BCUT2D eigenvalue weighted by atomic mass is 9.97. The summed E-state index contributed by atoms with van der Waals surface area (Å²) in [5.74, 6) is -0.0757. The van der Waals surface area contributed by atoms with E-state index in [0.717, 1.165) is 29.0 Å². The zero-order chi connectivity index (χ0) is 18.1. The molecule has 7 heteroatoms. The molecule has 134 valence electrons. The molecule has 6 nitrogen and oxygen atoms in total. The van der Waals surface area contributed by atoms with Crippen LogP contribution in [-0.2, 0) is 11.3 Å². The Bertz CT molecular complexity index is 832. The number of amides is 1. The van der Waals surface area contributed by atoms with Gasteiger partial charge in [-0.3, -0.25) is 9.59 Å². The van der Waals surface area contributed by atoms with E-state index in [0.29, 0.717) is 5.69 Å². The number of likely N-dealkylation sites (tertiary alicyclic amines) is 1. The van der Waals surface area contributed by atoms with E-state index >= 15 is 0 Å². The Morgan fingerprint density at radius 1 is 1.32 bits per heavy atom. The third-order valence-corrected chi connectivity index (χ3v) is 5.78. The molecular weight excluding hydrogens is 336 g/mol. The van der Waals surface area contributed by atoms with Crippen LogP contribution in [0.3, 0.4) is 0 Å². The summed E-state index contributed by atoms with van der Waals surface area (Å²) in [4.78, 5) is 29.1. The molecule has 0 spiro atoms. The van der Waals surface area contributed by atoms with Crippen LogP contribution in [0.2, 0.25) is 0 Å². The van der Waals surface area contributed by atoms with E-state index in [9.17, 15) is 9.59 Å². The molecule has 3 heterocycles. The summed E-state index contributed by atoms with van der Waals surface area (Å²) in [5, 5.41) is 4.39. The van der Waals surface area contributed by atoms with Crippen LogP contribution in [0.15, 0.2) is 23.0 Å². The van der Waals surface area contributed by atoms with E-state index in [-0.39, 0.29) is 30.2 Å². The predicted molar refractivity (Wildman–Crippen MR) is 101 cm³/mol. The molecule has 2 aromatic rings. The first-order valence-electron chi connectivity index (χ1n) is 8.62. The van der Waals surface area contributed by atoms with Crippen LogP contribution in [0.5, 0.6) is 0 Å². The summed E-state index contributed by atoms with van der Waals surface area (Å²) in [6.07, 6.45) is 3.12. The van der Waals surface area contributed by atoms with E-state index in [1.807, 2.05) is 24.0 Å². The minimum absolute atomic E-state index is 0.0735. The molecule has 0 aromatic carbocycles. The lowest BCUT2D eigenvalue weighted by Gasteiger charge is -2.39. The lowest BCUT2D eigenvalue weighted by Crippen LogP contribution is -2.49. The SMILES string of the molecule is Cc1ccc(-c2cc(N)c(=O)n(CC(=O)N3C(C)CCCC3C)n2)s1. The van der Waals surface area contributed by atoms with E-state index in [4.69, 9.17) is 5.73 Å². The van der Waals surface area contributed by atoms with Crippen molar-refractivity contribution in [2.75, 3.05) is 5.73 Å². The van der Waals surface area contributed by atoms with Gasteiger partial charge in [0.2, 0.25) is 5.91 Å². The molecule has 2 aromatic heterocycles. The molecule has 1 aliphatic heterocycles. The number of hydrogen-bond donors (Lipinski definition) is 1. The molecule has 0 radical (unpaired) electrons. The Morgan fingerprint density at radius 2 is 2.00 bits per heavy atom. The maximum Gasteiger partial charge on any atom is 0.290 e. The topological polar surface area (TPSA) is 81.2 Å². The van der Waals surface area contributed by atoms with Gasteiger partial charge in [-0.15, -0.1) is 11.3 Å². The van der Waals surface area contributed by atoms with Crippen molar-refractivity contribution in [3.05, 3.63) is 33.4 Å². The molecule has 0 aliphatic carbocycles. The van der Waals surface area contributed by atoms with Crippen LogP contribution in [0.4, 0.5) is 5.69 Å². The van der Waals surface area contributed by atoms with Gasteiger partial charge < -0.3 is 10.6 Å². The van der Waals surface area contributed by atoms with Crippen molar-refractivity contribution in [1.29, 1.82) is 0 Å². The smallest absolute Gasteiger partial charge is 0.290 e. The fourth-order valence-corrected chi connectivity index (χ4v) is 4.31. The van der Waals surface area contributed by atoms with Gasteiger partial charge in [-0.2, -0.15) is 5.10 Å². The third kappa shape index (κ3) is 3.61. The molecule has 2 N–H and O–H groups in total. The Kier molecular flexibility index (Phi) is 4.94. The summed E-state index contributed by atoms with van der Waals surface area (Å²) in [7, 11) is 0. The molecule has 1 aliphatic rings. The van der Waals surface area contributed by atoms with Crippen LogP contribution < -0.4 is 11.3 Å². The number of anilines is 1. The van der Waals surface area contributed by atoms with Crippen molar-refractivity contribution >= 4 is 22.9 Å². The number of nitrogens with two attached hydrogens (primary N) is 1. The zero-order valence-corrected chi connectivity index (χ0v) is 15.7. The molecule has 2 unspecified atom stereocenters.